The second kappa shape index (κ2) is 14.1. The quantitative estimate of drug-likeness (QED) is 0.158. The lowest BCUT2D eigenvalue weighted by Gasteiger charge is -2.34. The molecule has 1 unspecified atom stereocenters. The fourth-order valence-electron chi connectivity index (χ4n) is 6.25. The van der Waals surface area contributed by atoms with E-state index in [2.05, 4.69) is 105 Å². The van der Waals surface area contributed by atoms with Crippen LogP contribution in [-0.4, -0.2) is 24.8 Å². The Hall–Kier alpha value is -4.17. The van der Waals surface area contributed by atoms with Gasteiger partial charge in [-0.25, -0.2) is 4.98 Å². The fourth-order valence-corrected chi connectivity index (χ4v) is 6.25. The molecule has 6 aromatic rings. The lowest BCUT2D eigenvalue weighted by Crippen LogP contribution is -2.31. The third-order valence-electron chi connectivity index (χ3n) is 8.38. The number of rotatable bonds is 10. The molecular weight excluding hydrogens is 608 g/mol. The van der Waals surface area contributed by atoms with Crippen LogP contribution in [0.1, 0.15) is 52.8 Å². The maximum absolute atomic E-state index is 5.16. The first-order chi connectivity index (χ1) is 21.3. The first-order valence-electron chi connectivity index (χ1n) is 15.2. The second-order valence-corrected chi connectivity index (χ2v) is 11.4. The van der Waals surface area contributed by atoms with E-state index in [1.54, 1.807) is 0 Å². The number of pyridine rings is 2. The number of aromatic amines is 1. The summed E-state index contributed by atoms with van der Waals surface area (Å²) in [4.78, 5) is 20.7. The van der Waals surface area contributed by atoms with Gasteiger partial charge in [0, 0.05) is 37.6 Å². The number of fused-ring (bicyclic) bond motifs is 2. The zero-order chi connectivity index (χ0) is 28.8. The van der Waals surface area contributed by atoms with E-state index in [-0.39, 0.29) is 23.0 Å². The summed E-state index contributed by atoms with van der Waals surface area (Å²) in [5.41, 5.74) is 10.6. The van der Waals surface area contributed by atoms with Crippen molar-refractivity contribution in [1.29, 1.82) is 0 Å². The number of halogens is 1. The van der Waals surface area contributed by atoms with E-state index in [0.717, 1.165) is 67.1 Å². The van der Waals surface area contributed by atoms with Crippen LogP contribution < -0.4 is 5.32 Å². The minimum atomic E-state index is 0. The third-order valence-corrected chi connectivity index (χ3v) is 8.38. The lowest BCUT2D eigenvalue weighted by molar-refractivity contribution is 0.153. The summed E-state index contributed by atoms with van der Waals surface area (Å²) in [6, 6.07) is 36.5. The highest BCUT2D eigenvalue weighted by molar-refractivity contribution is 8.93. The van der Waals surface area contributed by atoms with Crippen LogP contribution in [0.2, 0.25) is 0 Å². The average Bonchev–Trinajstić information content (AvgIpc) is 3.49. The minimum absolute atomic E-state index is 0. The number of H-pyrrole nitrogens is 1. The Morgan fingerprint density at radius 3 is 2.41 bits per heavy atom. The van der Waals surface area contributed by atoms with Gasteiger partial charge in [-0.15, -0.1) is 17.0 Å². The number of imidazole rings is 1. The van der Waals surface area contributed by atoms with Crippen molar-refractivity contribution in [3.8, 4) is 11.1 Å². The zero-order valence-electron chi connectivity index (χ0n) is 24.7. The summed E-state index contributed by atoms with van der Waals surface area (Å²) in [6.07, 6.45) is 7.13. The van der Waals surface area contributed by atoms with Crippen molar-refractivity contribution in [2.45, 2.75) is 51.5 Å². The normalized spacial score (nSPS) is 14.3. The van der Waals surface area contributed by atoms with Gasteiger partial charge in [0.15, 0.2) is 0 Å². The third kappa shape index (κ3) is 6.81. The van der Waals surface area contributed by atoms with Crippen LogP contribution in [0, 0.1) is 0 Å². The van der Waals surface area contributed by atoms with Gasteiger partial charge in [-0.1, -0.05) is 78.9 Å². The molecule has 3 heterocycles. The minimum Gasteiger partial charge on any atom is -0.341 e. The molecule has 6 nitrogen and oxygen atoms in total. The van der Waals surface area contributed by atoms with Gasteiger partial charge in [-0.3, -0.25) is 14.9 Å². The van der Waals surface area contributed by atoms with E-state index in [1.165, 1.54) is 34.4 Å². The number of aryl methyl sites for hydroxylation is 1. The Bertz CT molecular complexity index is 1790. The Morgan fingerprint density at radius 2 is 1.57 bits per heavy atom. The highest BCUT2D eigenvalue weighted by Gasteiger charge is 2.28. The molecule has 0 radical (unpaired) electrons. The predicted molar refractivity (Wildman–Crippen MR) is 182 cm³/mol. The van der Waals surface area contributed by atoms with Crippen LogP contribution in [0.15, 0.2) is 116 Å². The summed E-state index contributed by atoms with van der Waals surface area (Å²) >= 11 is 0. The van der Waals surface area contributed by atoms with Gasteiger partial charge in [0.2, 0.25) is 0 Å². The summed E-state index contributed by atoms with van der Waals surface area (Å²) in [6.45, 7) is 3.11. The van der Waals surface area contributed by atoms with Crippen molar-refractivity contribution < 1.29 is 0 Å². The fraction of sp³-hybridized carbons (Fsp3) is 0.216. The van der Waals surface area contributed by atoms with Gasteiger partial charge in [0.25, 0.3) is 0 Å². The summed E-state index contributed by atoms with van der Waals surface area (Å²) < 4.78 is 0. The molecule has 0 aliphatic heterocycles. The van der Waals surface area contributed by atoms with Gasteiger partial charge in [0.05, 0.1) is 35.0 Å². The van der Waals surface area contributed by atoms with Crippen molar-refractivity contribution in [1.82, 2.24) is 30.2 Å². The highest BCUT2D eigenvalue weighted by Crippen LogP contribution is 2.35. The van der Waals surface area contributed by atoms with E-state index in [4.69, 9.17) is 9.97 Å². The SMILES string of the molecule is Br.c1ccc(-c2cccc3[nH]c(CN(Cc4ccc(CNCc5ccccn5)cc4)C4CCCc5cccnc54)nc23)cc1. The largest absolute Gasteiger partial charge is 0.341 e. The van der Waals surface area contributed by atoms with Crippen molar-refractivity contribution in [2.24, 2.45) is 0 Å². The first-order valence-corrected chi connectivity index (χ1v) is 15.2. The molecule has 7 rings (SSSR count). The lowest BCUT2D eigenvalue weighted by atomic mass is 9.90. The van der Waals surface area contributed by atoms with Crippen molar-refractivity contribution >= 4 is 28.0 Å². The van der Waals surface area contributed by atoms with Gasteiger partial charge in [0.1, 0.15) is 5.82 Å². The number of para-hydroxylation sites is 1. The van der Waals surface area contributed by atoms with Crippen molar-refractivity contribution in [2.75, 3.05) is 0 Å². The standard InChI is InChI=1S/C37H36N6.BrH/c1-2-9-29(10-3-1)32-14-7-15-33-37(32)42-35(41-33)26-43(34-16-6-11-30-12-8-22-40-36(30)34)25-28-19-17-27(18-20-28)23-38-24-31-13-4-5-21-39-31;/h1-5,7-10,12-15,17-22,34,38H,6,11,16,23-26H2,(H,41,42);1H. The first kappa shape index (κ1) is 29.9. The van der Waals surface area contributed by atoms with Crippen LogP contribution in [-0.2, 0) is 32.6 Å². The molecule has 44 heavy (non-hydrogen) atoms. The smallest absolute Gasteiger partial charge is 0.121 e. The number of aromatic nitrogens is 4. The van der Waals surface area contributed by atoms with Crippen LogP contribution in [0.5, 0.6) is 0 Å². The van der Waals surface area contributed by atoms with Gasteiger partial charge < -0.3 is 10.3 Å². The second-order valence-electron chi connectivity index (χ2n) is 11.4. The Kier molecular flexibility index (Phi) is 9.56. The van der Waals surface area contributed by atoms with Crippen LogP contribution in [0.25, 0.3) is 22.2 Å². The molecule has 3 aromatic carbocycles. The molecule has 1 aliphatic rings. The molecule has 222 valence electrons. The number of nitrogens with zero attached hydrogens (tertiary/aromatic N) is 4. The molecule has 0 saturated carbocycles. The molecule has 0 saturated heterocycles. The molecule has 1 aliphatic carbocycles. The molecular formula is C37H37BrN6. The number of nitrogens with one attached hydrogen (secondary N) is 2. The number of benzene rings is 3. The van der Waals surface area contributed by atoms with Gasteiger partial charge in [-0.2, -0.15) is 0 Å². The highest BCUT2D eigenvalue weighted by atomic mass is 79.9. The van der Waals surface area contributed by atoms with E-state index in [9.17, 15) is 0 Å². The molecule has 0 fully saturated rings. The van der Waals surface area contributed by atoms with Crippen LogP contribution in [0.4, 0.5) is 0 Å². The van der Waals surface area contributed by atoms with E-state index >= 15 is 0 Å². The van der Waals surface area contributed by atoms with Crippen LogP contribution >= 0.6 is 17.0 Å². The maximum Gasteiger partial charge on any atom is 0.121 e. The molecule has 0 amide bonds. The Morgan fingerprint density at radius 1 is 0.750 bits per heavy atom. The molecule has 3 aromatic heterocycles. The topological polar surface area (TPSA) is 69.7 Å². The predicted octanol–water partition coefficient (Wildman–Crippen LogP) is 7.97. The maximum atomic E-state index is 5.16. The molecule has 1 atom stereocenters. The molecule has 0 bridgehead atoms. The van der Waals surface area contributed by atoms with Crippen molar-refractivity contribution in [3.63, 3.8) is 0 Å². The molecule has 2 N–H and O–H groups in total. The van der Waals surface area contributed by atoms with E-state index < -0.39 is 0 Å². The average molecular weight is 646 g/mol. The van der Waals surface area contributed by atoms with Crippen LogP contribution in [0.3, 0.4) is 0 Å². The van der Waals surface area contributed by atoms with E-state index in [1.807, 2.05) is 30.6 Å². The van der Waals surface area contributed by atoms with Gasteiger partial charge in [-0.05, 0) is 65.8 Å². The van der Waals surface area contributed by atoms with E-state index in [0.29, 0.717) is 0 Å². The summed E-state index contributed by atoms with van der Waals surface area (Å²) in [5, 5.41) is 3.51. The summed E-state index contributed by atoms with van der Waals surface area (Å²) in [7, 11) is 0. The Balaban J connectivity index is 0.00000343. The number of hydrogen-bond donors (Lipinski definition) is 2. The monoisotopic (exact) mass is 644 g/mol. The molecule has 0 spiro atoms. The number of hydrogen-bond acceptors (Lipinski definition) is 5. The van der Waals surface area contributed by atoms with Crippen molar-refractivity contribution in [3.05, 3.63) is 149 Å². The Labute approximate surface area is 269 Å². The summed E-state index contributed by atoms with van der Waals surface area (Å²) in [5.74, 6) is 0.983. The van der Waals surface area contributed by atoms with Gasteiger partial charge >= 0.3 is 0 Å². The zero-order valence-corrected chi connectivity index (χ0v) is 26.4. The molecule has 7 heteroatoms.